The summed E-state index contributed by atoms with van der Waals surface area (Å²) in [7, 11) is 0. The van der Waals surface area contributed by atoms with E-state index >= 15 is 0 Å². The molecule has 0 fully saturated rings. The van der Waals surface area contributed by atoms with Crippen molar-refractivity contribution in [1.29, 1.82) is 0 Å². The Labute approximate surface area is 138 Å². The van der Waals surface area contributed by atoms with E-state index in [1.165, 1.54) is 43.0 Å². The van der Waals surface area contributed by atoms with Crippen LogP contribution in [0, 0.1) is 0 Å². The molecule has 1 atom stereocenters. The number of aliphatic hydroxyl groups is 1. The second-order valence-electron chi connectivity index (χ2n) is 6.91. The van der Waals surface area contributed by atoms with Gasteiger partial charge in [-0.15, -0.1) is 0 Å². The van der Waals surface area contributed by atoms with Gasteiger partial charge in [0.1, 0.15) is 0 Å². The van der Waals surface area contributed by atoms with Crippen LogP contribution in [0.5, 0.6) is 0 Å². The molecule has 126 valence electrons. The van der Waals surface area contributed by atoms with Gasteiger partial charge >= 0.3 is 139 Å². The van der Waals surface area contributed by atoms with Crippen LogP contribution in [0.3, 0.4) is 0 Å². The molecule has 2 heteroatoms. The van der Waals surface area contributed by atoms with Gasteiger partial charge in [-0.25, -0.2) is 0 Å². The monoisotopic (exact) mass is 404 g/mol. The Kier molecular flexibility index (Phi) is 14.4. The first-order valence-corrected chi connectivity index (χ1v) is 17.5. The van der Waals surface area contributed by atoms with Crippen molar-refractivity contribution in [3.8, 4) is 0 Å². The van der Waals surface area contributed by atoms with Crippen LogP contribution in [0.2, 0.25) is 17.7 Å². The molecule has 0 aromatic carbocycles. The zero-order valence-corrected chi connectivity index (χ0v) is 18.0. The average Bonchev–Trinajstić information content (AvgIpc) is 2.47. The molecule has 0 saturated carbocycles. The number of aliphatic hydroxyl groups excluding tert-OH is 1. The maximum absolute atomic E-state index is 9.34. The van der Waals surface area contributed by atoms with Crippen LogP contribution in [-0.4, -0.2) is 29.6 Å². The van der Waals surface area contributed by atoms with Gasteiger partial charge in [0.05, 0.1) is 0 Å². The molecule has 0 aromatic heterocycles. The van der Waals surface area contributed by atoms with Gasteiger partial charge in [0.15, 0.2) is 0 Å². The van der Waals surface area contributed by atoms with E-state index in [2.05, 4.69) is 32.9 Å². The maximum atomic E-state index is 9.34. The predicted molar refractivity (Wildman–Crippen MR) is 99.8 cm³/mol. The van der Waals surface area contributed by atoms with Crippen molar-refractivity contribution in [3.05, 3.63) is 12.2 Å². The number of hydrogen-bond donors (Lipinski definition) is 1. The average molecular weight is 403 g/mol. The molecule has 0 rings (SSSR count). The molecule has 0 aromatic rings. The Hall–Kier alpha value is 0.499. The van der Waals surface area contributed by atoms with Crippen LogP contribution < -0.4 is 0 Å². The van der Waals surface area contributed by atoms with Gasteiger partial charge in [-0.1, -0.05) is 0 Å². The predicted octanol–water partition coefficient (Wildman–Crippen LogP) is 6.55. The normalized spacial score (nSPS) is 14.0. The summed E-state index contributed by atoms with van der Waals surface area (Å²) >= 11 is -1.92. The minimum absolute atomic E-state index is 0.150. The molecule has 1 nitrogen and oxygen atoms in total. The van der Waals surface area contributed by atoms with Crippen molar-refractivity contribution in [2.75, 3.05) is 0 Å². The minimum atomic E-state index is -1.92. The van der Waals surface area contributed by atoms with Crippen molar-refractivity contribution >= 4 is 18.4 Å². The Morgan fingerprint density at radius 1 is 0.857 bits per heavy atom. The van der Waals surface area contributed by atoms with Gasteiger partial charge in [0.25, 0.3) is 0 Å². The quantitative estimate of drug-likeness (QED) is 0.258. The van der Waals surface area contributed by atoms with Crippen molar-refractivity contribution < 1.29 is 5.11 Å². The fourth-order valence-electron chi connectivity index (χ4n) is 3.13. The third-order valence-electron chi connectivity index (χ3n) is 4.65. The molecule has 0 amide bonds. The van der Waals surface area contributed by atoms with E-state index in [0.29, 0.717) is 0 Å². The topological polar surface area (TPSA) is 20.2 Å². The van der Waals surface area contributed by atoms with Crippen LogP contribution in [0.25, 0.3) is 0 Å². The van der Waals surface area contributed by atoms with Gasteiger partial charge in [0.2, 0.25) is 0 Å². The molecule has 0 aliphatic heterocycles. The fourth-order valence-corrected chi connectivity index (χ4v) is 18.4. The van der Waals surface area contributed by atoms with Crippen LogP contribution in [-0.2, 0) is 0 Å². The van der Waals surface area contributed by atoms with E-state index < -0.39 is 18.4 Å². The summed E-state index contributed by atoms with van der Waals surface area (Å²) < 4.78 is 6.26. The zero-order valence-electron chi connectivity index (χ0n) is 15.2. The molecule has 0 unspecified atom stereocenters. The Bertz CT molecular complexity index is 226. The molecule has 0 saturated heterocycles. The molecule has 1 N–H and O–H groups in total. The van der Waals surface area contributed by atoms with E-state index in [4.69, 9.17) is 0 Å². The number of unbranched alkanes of at least 4 members (excludes halogenated alkanes) is 3. The van der Waals surface area contributed by atoms with Gasteiger partial charge in [-0.2, -0.15) is 0 Å². The first kappa shape index (κ1) is 21.5. The van der Waals surface area contributed by atoms with Crippen LogP contribution >= 0.6 is 0 Å². The number of hydrogen-bond acceptors (Lipinski definition) is 1. The molecule has 0 aliphatic rings. The van der Waals surface area contributed by atoms with Crippen LogP contribution in [0.15, 0.2) is 12.2 Å². The van der Waals surface area contributed by atoms with Crippen molar-refractivity contribution in [1.82, 2.24) is 0 Å². The molecule has 0 radical (unpaired) electrons. The van der Waals surface area contributed by atoms with Crippen LogP contribution in [0.1, 0.15) is 79.1 Å². The van der Waals surface area contributed by atoms with Gasteiger partial charge in [-0.3, -0.25) is 0 Å². The molecule has 0 aliphatic carbocycles. The Morgan fingerprint density at radius 2 is 1.33 bits per heavy atom. The Balaban J connectivity index is 4.54. The van der Waals surface area contributed by atoms with Crippen LogP contribution in [0.4, 0.5) is 0 Å². The van der Waals surface area contributed by atoms with Gasteiger partial charge < -0.3 is 0 Å². The van der Waals surface area contributed by atoms with Crippen molar-refractivity contribution in [2.24, 2.45) is 0 Å². The zero-order chi connectivity index (χ0) is 16.0. The van der Waals surface area contributed by atoms with E-state index in [-0.39, 0.29) is 6.10 Å². The molecular formula is C19H40OSn. The first-order chi connectivity index (χ1) is 10.1. The fraction of sp³-hybridized carbons (Fsp3) is 0.895. The number of rotatable bonds is 14. The molecule has 0 spiro atoms. The second-order valence-corrected chi connectivity index (χ2v) is 20.9. The molecule has 0 heterocycles. The summed E-state index contributed by atoms with van der Waals surface area (Å²) in [4.78, 5) is 0. The van der Waals surface area contributed by atoms with Crippen molar-refractivity contribution in [3.63, 3.8) is 0 Å². The SMILES string of the molecule is CCC[CH2][Sn]([CH2]C=CCC[C@@H](C)O)([CH2]CCC)[CH2]CCC. The van der Waals surface area contributed by atoms with E-state index in [1.807, 2.05) is 6.92 Å². The molecular weight excluding hydrogens is 363 g/mol. The summed E-state index contributed by atoms with van der Waals surface area (Å²) in [5, 5.41) is 9.34. The third kappa shape index (κ3) is 11.7. The first-order valence-electron chi connectivity index (χ1n) is 9.43. The molecule has 0 bridgehead atoms. The summed E-state index contributed by atoms with van der Waals surface area (Å²) in [5.41, 5.74) is 0. The summed E-state index contributed by atoms with van der Waals surface area (Å²) in [6, 6.07) is 0. The second kappa shape index (κ2) is 14.1. The summed E-state index contributed by atoms with van der Waals surface area (Å²) in [6.45, 7) is 8.92. The Morgan fingerprint density at radius 3 is 1.71 bits per heavy atom. The van der Waals surface area contributed by atoms with Gasteiger partial charge in [-0.05, 0) is 0 Å². The standard InChI is InChI=1S/C7H13O.3C4H9.Sn/c1-3-4-5-6-7(2)8;3*1-3-4-2;/h3-4,7-8H,1,5-6H2,2H3;3*1,3-4H2,2H3;/t7-;;;;/m1..../s1. The molecule has 21 heavy (non-hydrogen) atoms. The van der Waals surface area contributed by atoms with E-state index in [1.54, 1.807) is 13.3 Å². The summed E-state index contributed by atoms with van der Waals surface area (Å²) in [6.07, 6.45) is 15.1. The van der Waals surface area contributed by atoms with E-state index in [9.17, 15) is 5.11 Å². The third-order valence-corrected chi connectivity index (χ3v) is 19.9. The van der Waals surface area contributed by atoms with Gasteiger partial charge in [0, 0.05) is 0 Å². The van der Waals surface area contributed by atoms with E-state index in [0.717, 1.165) is 12.8 Å². The van der Waals surface area contributed by atoms with Crippen molar-refractivity contribution in [2.45, 2.75) is 103 Å². The summed E-state index contributed by atoms with van der Waals surface area (Å²) in [5.74, 6) is 0. The number of allylic oxidation sites excluding steroid dienone is 2.